The molecule has 0 saturated heterocycles. The van der Waals surface area contributed by atoms with Crippen LogP contribution in [0.3, 0.4) is 0 Å². The predicted octanol–water partition coefficient (Wildman–Crippen LogP) is 2.93. The van der Waals surface area contributed by atoms with E-state index in [1.165, 1.54) is 7.11 Å². The second-order valence-corrected chi connectivity index (χ2v) is 8.10. The van der Waals surface area contributed by atoms with Gasteiger partial charge in [-0.15, -0.1) is 0 Å². The molecule has 1 aromatic carbocycles. The Morgan fingerprint density at radius 2 is 1.85 bits per heavy atom. The summed E-state index contributed by atoms with van der Waals surface area (Å²) in [6.45, 7) is 10.5. The number of benzene rings is 1. The zero-order valence-electron chi connectivity index (χ0n) is 13.1. The SMILES string of the molecule is COc1ccc(C(C)(C)C)cc1S(=O)(=O)NCC(C)C. The van der Waals surface area contributed by atoms with E-state index in [0.29, 0.717) is 12.3 Å². The van der Waals surface area contributed by atoms with Gasteiger partial charge in [0, 0.05) is 6.54 Å². The van der Waals surface area contributed by atoms with Crippen molar-refractivity contribution < 1.29 is 13.2 Å². The lowest BCUT2D eigenvalue weighted by atomic mass is 9.87. The fourth-order valence-electron chi connectivity index (χ4n) is 1.71. The molecule has 0 saturated carbocycles. The van der Waals surface area contributed by atoms with Crippen LogP contribution < -0.4 is 9.46 Å². The van der Waals surface area contributed by atoms with Crippen LogP contribution in [0.15, 0.2) is 23.1 Å². The summed E-state index contributed by atoms with van der Waals surface area (Å²) < 4.78 is 32.6. The van der Waals surface area contributed by atoms with Crippen LogP contribution in [0, 0.1) is 5.92 Å². The molecule has 5 heteroatoms. The maximum atomic E-state index is 12.4. The largest absolute Gasteiger partial charge is 0.495 e. The van der Waals surface area contributed by atoms with Gasteiger partial charge < -0.3 is 4.74 Å². The van der Waals surface area contributed by atoms with Gasteiger partial charge in [0.05, 0.1) is 7.11 Å². The molecule has 0 aliphatic carbocycles. The monoisotopic (exact) mass is 299 g/mol. The number of rotatable bonds is 5. The molecule has 0 amide bonds. The third-order valence-corrected chi connectivity index (χ3v) is 4.45. The number of nitrogens with one attached hydrogen (secondary N) is 1. The molecule has 1 rings (SSSR count). The Morgan fingerprint density at radius 1 is 1.25 bits per heavy atom. The Labute approximate surface area is 122 Å². The van der Waals surface area contributed by atoms with E-state index >= 15 is 0 Å². The van der Waals surface area contributed by atoms with E-state index < -0.39 is 10.0 Å². The van der Waals surface area contributed by atoms with Gasteiger partial charge in [0.1, 0.15) is 10.6 Å². The Morgan fingerprint density at radius 3 is 2.30 bits per heavy atom. The van der Waals surface area contributed by atoms with Gasteiger partial charge in [-0.3, -0.25) is 0 Å². The van der Waals surface area contributed by atoms with Crippen molar-refractivity contribution >= 4 is 10.0 Å². The van der Waals surface area contributed by atoms with Crippen LogP contribution in [-0.4, -0.2) is 22.1 Å². The Balaban J connectivity index is 3.27. The molecule has 4 nitrogen and oxygen atoms in total. The van der Waals surface area contributed by atoms with Gasteiger partial charge in [-0.2, -0.15) is 0 Å². The first-order valence-electron chi connectivity index (χ1n) is 6.76. The highest BCUT2D eigenvalue weighted by molar-refractivity contribution is 7.89. The first-order chi connectivity index (χ1) is 9.08. The van der Waals surface area contributed by atoms with Gasteiger partial charge >= 0.3 is 0 Å². The van der Waals surface area contributed by atoms with Gasteiger partial charge in [-0.05, 0) is 29.0 Å². The maximum Gasteiger partial charge on any atom is 0.244 e. The summed E-state index contributed by atoms with van der Waals surface area (Å²) in [5.41, 5.74) is 0.845. The first-order valence-corrected chi connectivity index (χ1v) is 8.24. The highest BCUT2D eigenvalue weighted by Crippen LogP contribution is 2.30. The van der Waals surface area contributed by atoms with Crippen LogP contribution in [0.5, 0.6) is 5.75 Å². The van der Waals surface area contributed by atoms with Crippen LogP contribution in [0.1, 0.15) is 40.2 Å². The van der Waals surface area contributed by atoms with Crippen LogP contribution in [0.25, 0.3) is 0 Å². The Kier molecular flexibility index (Phi) is 5.21. The molecular weight excluding hydrogens is 274 g/mol. The second-order valence-electron chi connectivity index (χ2n) is 6.36. The molecule has 20 heavy (non-hydrogen) atoms. The lowest BCUT2D eigenvalue weighted by molar-refractivity contribution is 0.401. The Bertz CT molecular complexity index is 557. The van der Waals surface area contributed by atoms with Gasteiger partial charge in [-0.25, -0.2) is 13.1 Å². The van der Waals surface area contributed by atoms with Crippen LogP contribution >= 0.6 is 0 Å². The molecule has 0 atom stereocenters. The third-order valence-electron chi connectivity index (χ3n) is 3.00. The number of hydrogen-bond donors (Lipinski definition) is 1. The number of sulfonamides is 1. The highest BCUT2D eigenvalue weighted by Gasteiger charge is 2.23. The minimum atomic E-state index is -3.56. The number of ether oxygens (including phenoxy) is 1. The minimum Gasteiger partial charge on any atom is -0.495 e. The maximum absolute atomic E-state index is 12.4. The normalized spacial score (nSPS) is 12.8. The molecule has 0 spiro atoms. The van der Waals surface area contributed by atoms with Crippen molar-refractivity contribution in [2.24, 2.45) is 5.92 Å². The molecule has 0 aliphatic rings. The molecule has 0 aliphatic heterocycles. The molecule has 0 aromatic heterocycles. The molecule has 0 fully saturated rings. The zero-order valence-corrected chi connectivity index (χ0v) is 14.0. The Hall–Kier alpha value is -1.07. The van der Waals surface area contributed by atoms with Crippen molar-refractivity contribution in [1.29, 1.82) is 0 Å². The van der Waals surface area contributed by atoms with E-state index in [1.807, 2.05) is 40.7 Å². The topological polar surface area (TPSA) is 55.4 Å². The van der Waals surface area contributed by atoms with Crippen LogP contribution in [0.2, 0.25) is 0 Å². The van der Waals surface area contributed by atoms with Crippen molar-refractivity contribution in [2.75, 3.05) is 13.7 Å². The highest BCUT2D eigenvalue weighted by atomic mass is 32.2. The summed E-state index contributed by atoms with van der Waals surface area (Å²) in [5.74, 6) is 0.621. The fraction of sp³-hybridized carbons (Fsp3) is 0.600. The molecule has 1 aromatic rings. The predicted molar refractivity (Wildman–Crippen MR) is 81.7 cm³/mol. The van der Waals surface area contributed by atoms with Crippen molar-refractivity contribution in [3.8, 4) is 5.75 Å². The molecule has 0 radical (unpaired) electrons. The number of hydrogen-bond acceptors (Lipinski definition) is 3. The molecule has 1 N–H and O–H groups in total. The van der Waals surface area contributed by atoms with E-state index in [9.17, 15) is 8.42 Å². The summed E-state index contributed by atoms with van der Waals surface area (Å²) in [5, 5.41) is 0. The standard InChI is InChI=1S/C15H25NO3S/c1-11(2)10-16-20(17,18)14-9-12(15(3,4)5)7-8-13(14)19-6/h7-9,11,16H,10H2,1-6H3. The van der Waals surface area contributed by atoms with E-state index in [-0.39, 0.29) is 16.2 Å². The van der Waals surface area contributed by atoms with E-state index in [2.05, 4.69) is 4.72 Å². The third kappa shape index (κ3) is 4.21. The molecule has 114 valence electrons. The van der Waals surface area contributed by atoms with E-state index in [4.69, 9.17) is 4.74 Å². The molecule has 0 bridgehead atoms. The van der Waals surface area contributed by atoms with Gasteiger partial charge in [0.2, 0.25) is 10.0 Å². The van der Waals surface area contributed by atoms with Gasteiger partial charge in [0.25, 0.3) is 0 Å². The van der Waals surface area contributed by atoms with E-state index in [1.54, 1.807) is 12.1 Å². The molecule has 0 unspecified atom stereocenters. The van der Waals surface area contributed by atoms with Gasteiger partial charge in [0.15, 0.2) is 0 Å². The van der Waals surface area contributed by atoms with Crippen molar-refractivity contribution in [2.45, 2.75) is 44.9 Å². The summed E-state index contributed by atoms with van der Waals surface area (Å²) in [4.78, 5) is 0.202. The first kappa shape index (κ1) is 17.0. The van der Waals surface area contributed by atoms with E-state index in [0.717, 1.165) is 5.56 Å². The summed E-state index contributed by atoms with van der Waals surface area (Å²) in [6, 6.07) is 5.31. The summed E-state index contributed by atoms with van der Waals surface area (Å²) in [7, 11) is -2.08. The quantitative estimate of drug-likeness (QED) is 0.909. The summed E-state index contributed by atoms with van der Waals surface area (Å²) in [6.07, 6.45) is 0. The minimum absolute atomic E-state index is 0.116. The average molecular weight is 299 g/mol. The van der Waals surface area contributed by atoms with Crippen molar-refractivity contribution in [3.05, 3.63) is 23.8 Å². The molecule has 0 heterocycles. The van der Waals surface area contributed by atoms with Crippen molar-refractivity contribution in [3.63, 3.8) is 0 Å². The average Bonchev–Trinajstić information content (AvgIpc) is 2.34. The second kappa shape index (κ2) is 6.14. The van der Waals surface area contributed by atoms with Gasteiger partial charge in [-0.1, -0.05) is 40.7 Å². The van der Waals surface area contributed by atoms with Crippen molar-refractivity contribution in [1.82, 2.24) is 4.72 Å². The lowest BCUT2D eigenvalue weighted by Crippen LogP contribution is -2.28. The van der Waals surface area contributed by atoms with Crippen LogP contribution in [-0.2, 0) is 15.4 Å². The zero-order chi connectivity index (χ0) is 15.6. The summed E-state index contributed by atoms with van der Waals surface area (Å²) >= 11 is 0. The number of methoxy groups -OCH3 is 1. The fourth-order valence-corrected chi connectivity index (χ4v) is 3.11. The lowest BCUT2D eigenvalue weighted by Gasteiger charge is -2.21. The van der Waals surface area contributed by atoms with Crippen LogP contribution in [0.4, 0.5) is 0 Å². The smallest absolute Gasteiger partial charge is 0.244 e. The molecular formula is C15H25NO3S.